The van der Waals surface area contributed by atoms with E-state index in [9.17, 15) is 4.79 Å². The van der Waals surface area contributed by atoms with Crippen LogP contribution in [0.3, 0.4) is 0 Å². The second kappa shape index (κ2) is 4.54. The third-order valence-corrected chi connectivity index (χ3v) is 2.92. The average molecular weight is 193 g/mol. The molecule has 0 aromatic heterocycles. The SMILES string of the molecule is CC(=O)C1=CC(C)C(C(C)C)CC=N1. The van der Waals surface area contributed by atoms with Crippen molar-refractivity contribution in [1.29, 1.82) is 0 Å². The summed E-state index contributed by atoms with van der Waals surface area (Å²) in [5.74, 6) is 1.75. The molecular formula is C12H19NO. The zero-order chi connectivity index (χ0) is 10.7. The third-order valence-electron chi connectivity index (χ3n) is 2.92. The molecule has 2 nitrogen and oxygen atoms in total. The highest BCUT2D eigenvalue weighted by Gasteiger charge is 2.21. The van der Waals surface area contributed by atoms with Crippen LogP contribution in [-0.4, -0.2) is 12.0 Å². The minimum Gasteiger partial charge on any atom is -0.293 e. The van der Waals surface area contributed by atoms with E-state index in [1.165, 1.54) is 0 Å². The monoisotopic (exact) mass is 193 g/mol. The normalized spacial score (nSPS) is 27.4. The van der Waals surface area contributed by atoms with Gasteiger partial charge >= 0.3 is 0 Å². The molecule has 0 aliphatic carbocycles. The van der Waals surface area contributed by atoms with Gasteiger partial charge in [-0.1, -0.05) is 26.8 Å². The van der Waals surface area contributed by atoms with Crippen molar-refractivity contribution in [3.63, 3.8) is 0 Å². The molecule has 14 heavy (non-hydrogen) atoms. The zero-order valence-electron chi connectivity index (χ0n) is 9.45. The number of hydrogen-bond acceptors (Lipinski definition) is 2. The molecule has 1 heterocycles. The Balaban J connectivity index is 2.87. The van der Waals surface area contributed by atoms with Gasteiger partial charge in [0.25, 0.3) is 0 Å². The molecule has 0 bridgehead atoms. The van der Waals surface area contributed by atoms with Gasteiger partial charge in [-0.15, -0.1) is 0 Å². The van der Waals surface area contributed by atoms with Crippen LogP contribution in [-0.2, 0) is 4.79 Å². The lowest BCUT2D eigenvalue weighted by Gasteiger charge is -2.22. The molecule has 0 aromatic carbocycles. The van der Waals surface area contributed by atoms with E-state index in [-0.39, 0.29) is 5.78 Å². The molecule has 2 unspecified atom stereocenters. The third kappa shape index (κ3) is 2.53. The second-order valence-corrected chi connectivity index (χ2v) is 4.42. The van der Waals surface area contributed by atoms with Gasteiger partial charge in [-0.2, -0.15) is 0 Å². The maximum Gasteiger partial charge on any atom is 0.177 e. The number of allylic oxidation sites excluding steroid dienone is 2. The van der Waals surface area contributed by atoms with Crippen molar-refractivity contribution in [3.05, 3.63) is 11.8 Å². The fraction of sp³-hybridized carbons (Fsp3) is 0.667. The maximum atomic E-state index is 11.2. The Morgan fingerprint density at radius 3 is 2.71 bits per heavy atom. The van der Waals surface area contributed by atoms with Crippen molar-refractivity contribution in [2.45, 2.75) is 34.1 Å². The summed E-state index contributed by atoms with van der Waals surface area (Å²) in [6.07, 6.45) is 4.88. The van der Waals surface area contributed by atoms with E-state index in [1.54, 1.807) is 6.92 Å². The molecule has 2 atom stereocenters. The first-order valence-corrected chi connectivity index (χ1v) is 5.27. The Hall–Kier alpha value is -0.920. The van der Waals surface area contributed by atoms with Crippen molar-refractivity contribution in [2.24, 2.45) is 22.7 Å². The van der Waals surface area contributed by atoms with Gasteiger partial charge in [0.05, 0.1) is 0 Å². The first-order chi connectivity index (χ1) is 6.52. The van der Waals surface area contributed by atoms with Gasteiger partial charge in [-0.25, -0.2) is 0 Å². The van der Waals surface area contributed by atoms with Gasteiger partial charge in [0.2, 0.25) is 0 Å². The predicted octanol–water partition coefficient (Wildman–Crippen LogP) is 2.84. The number of rotatable bonds is 2. The summed E-state index contributed by atoms with van der Waals surface area (Å²) in [6, 6.07) is 0. The van der Waals surface area contributed by atoms with Gasteiger partial charge in [-0.05, 0) is 24.2 Å². The molecule has 0 fully saturated rings. The molecule has 0 spiro atoms. The lowest BCUT2D eigenvalue weighted by molar-refractivity contribution is -0.113. The molecule has 1 aliphatic heterocycles. The molecule has 0 N–H and O–H groups in total. The van der Waals surface area contributed by atoms with E-state index in [4.69, 9.17) is 0 Å². The summed E-state index contributed by atoms with van der Waals surface area (Å²) in [7, 11) is 0. The van der Waals surface area contributed by atoms with Crippen molar-refractivity contribution in [3.8, 4) is 0 Å². The first kappa shape index (κ1) is 11.2. The lowest BCUT2D eigenvalue weighted by Crippen LogP contribution is -2.16. The summed E-state index contributed by atoms with van der Waals surface area (Å²) in [5, 5.41) is 0. The van der Waals surface area contributed by atoms with Gasteiger partial charge in [0, 0.05) is 13.1 Å². The Morgan fingerprint density at radius 1 is 1.57 bits per heavy atom. The Labute approximate surface area is 86.1 Å². The van der Waals surface area contributed by atoms with Crippen molar-refractivity contribution in [1.82, 2.24) is 0 Å². The van der Waals surface area contributed by atoms with Gasteiger partial charge < -0.3 is 0 Å². The number of Topliss-reactive ketones (excluding diaryl/α,β-unsaturated/α-hetero) is 1. The minimum absolute atomic E-state index is 0.0671. The van der Waals surface area contributed by atoms with E-state index in [1.807, 2.05) is 12.3 Å². The molecule has 2 heteroatoms. The Bertz CT molecular complexity index is 276. The van der Waals surface area contributed by atoms with Crippen molar-refractivity contribution in [2.75, 3.05) is 0 Å². The standard InChI is InChI=1S/C12H19NO/c1-8(2)11-5-6-13-12(10(4)14)7-9(11)3/h6-9,11H,5H2,1-4H3. The largest absolute Gasteiger partial charge is 0.293 e. The number of nitrogens with zero attached hydrogens (tertiary/aromatic N) is 1. The number of carbonyl (C=O) groups excluding carboxylic acids is 1. The van der Waals surface area contributed by atoms with Crippen LogP contribution in [0, 0.1) is 17.8 Å². The minimum atomic E-state index is 0.0671. The number of aliphatic imine (C=N–C) groups is 1. The van der Waals surface area contributed by atoms with Gasteiger partial charge in [0.1, 0.15) is 5.70 Å². The summed E-state index contributed by atoms with van der Waals surface area (Å²) >= 11 is 0. The number of ketones is 1. The van der Waals surface area contributed by atoms with E-state index >= 15 is 0 Å². The molecule has 0 saturated carbocycles. The van der Waals surface area contributed by atoms with Crippen LogP contribution < -0.4 is 0 Å². The number of hydrogen-bond donors (Lipinski definition) is 0. The van der Waals surface area contributed by atoms with Crippen LogP contribution in [0.15, 0.2) is 16.8 Å². The fourth-order valence-electron chi connectivity index (χ4n) is 1.99. The molecular weight excluding hydrogens is 174 g/mol. The molecule has 78 valence electrons. The topological polar surface area (TPSA) is 29.4 Å². The summed E-state index contributed by atoms with van der Waals surface area (Å²) in [4.78, 5) is 15.4. The highest BCUT2D eigenvalue weighted by Crippen LogP contribution is 2.27. The van der Waals surface area contributed by atoms with Crippen LogP contribution in [0.4, 0.5) is 0 Å². The molecule has 0 saturated heterocycles. The molecule has 0 aromatic rings. The smallest absolute Gasteiger partial charge is 0.177 e. The van der Waals surface area contributed by atoms with Gasteiger partial charge in [-0.3, -0.25) is 9.79 Å². The van der Waals surface area contributed by atoms with Crippen LogP contribution in [0.5, 0.6) is 0 Å². The molecule has 0 radical (unpaired) electrons. The first-order valence-electron chi connectivity index (χ1n) is 5.27. The quantitative estimate of drug-likeness (QED) is 0.663. The molecule has 1 aliphatic rings. The lowest BCUT2D eigenvalue weighted by atomic mass is 9.82. The Kier molecular flexibility index (Phi) is 3.62. The van der Waals surface area contributed by atoms with Crippen LogP contribution in [0.1, 0.15) is 34.1 Å². The molecule has 1 rings (SSSR count). The highest BCUT2D eigenvalue weighted by molar-refractivity contribution is 5.94. The molecule has 0 amide bonds. The van der Waals surface area contributed by atoms with E-state index in [0.717, 1.165) is 6.42 Å². The predicted molar refractivity (Wildman–Crippen MR) is 59.4 cm³/mol. The van der Waals surface area contributed by atoms with Crippen LogP contribution in [0.25, 0.3) is 0 Å². The van der Waals surface area contributed by atoms with E-state index in [2.05, 4.69) is 25.8 Å². The fourth-order valence-corrected chi connectivity index (χ4v) is 1.99. The highest BCUT2D eigenvalue weighted by atomic mass is 16.1. The summed E-state index contributed by atoms with van der Waals surface area (Å²) < 4.78 is 0. The maximum absolute atomic E-state index is 11.2. The second-order valence-electron chi connectivity index (χ2n) is 4.42. The zero-order valence-corrected chi connectivity index (χ0v) is 9.45. The van der Waals surface area contributed by atoms with Gasteiger partial charge in [0.15, 0.2) is 5.78 Å². The van der Waals surface area contributed by atoms with Crippen LogP contribution in [0.2, 0.25) is 0 Å². The van der Waals surface area contributed by atoms with Crippen molar-refractivity contribution >= 4 is 12.0 Å². The van der Waals surface area contributed by atoms with E-state index in [0.29, 0.717) is 23.5 Å². The average Bonchev–Trinajstić information content (AvgIpc) is 2.26. The van der Waals surface area contributed by atoms with Crippen LogP contribution >= 0.6 is 0 Å². The number of carbonyl (C=O) groups is 1. The van der Waals surface area contributed by atoms with E-state index < -0.39 is 0 Å². The van der Waals surface area contributed by atoms with Crippen molar-refractivity contribution < 1.29 is 4.79 Å². The summed E-state index contributed by atoms with van der Waals surface area (Å²) in [5.41, 5.74) is 0.626. The Morgan fingerprint density at radius 2 is 2.21 bits per heavy atom. The summed E-state index contributed by atoms with van der Waals surface area (Å²) in [6.45, 7) is 8.19.